The van der Waals surface area contributed by atoms with Crippen LogP contribution < -0.4 is 10.6 Å². The highest BCUT2D eigenvalue weighted by atomic mass is 35.5. The quantitative estimate of drug-likeness (QED) is 0.191. The van der Waals surface area contributed by atoms with E-state index in [-0.39, 0.29) is 6.03 Å². The first kappa shape index (κ1) is 24.2. The lowest BCUT2D eigenvalue weighted by Gasteiger charge is -2.11. The number of benzene rings is 3. The number of imidazole rings is 1. The number of hydrogen-bond acceptors (Lipinski definition) is 3. The SMILES string of the molecule is CCn1c(SCCNC(=O)Nc2ccc(Cl)c(Cl)c2)nc(-c2ccccc2)c1-c1ccccc1. The minimum atomic E-state index is -0.298. The van der Waals surface area contributed by atoms with Crippen LogP contribution >= 0.6 is 35.0 Å². The maximum atomic E-state index is 12.2. The van der Waals surface area contributed by atoms with Gasteiger partial charge in [-0.15, -0.1) is 0 Å². The molecule has 0 saturated heterocycles. The van der Waals surface area contributed by atoms with Gasteiger partial charge in [0.15, 0.2) is 5.16 Å². The topological polar surface area (TPSA) is 59.0 Å². The van der Waals surface area contributed by atoms with Crippen molar-refractivity contribution in [3.8, 4) is 22.5 Å². The summed E-state index contributed by atoms with van der Waals surface area (Å²) in [5.41, 5.74) is 4.85. The van der Waals surface area contributed by atoms with E-state index in [9.17, 15) is 4.79 Å². The summed E-state index contributed by atoms with van der Waals surface area (Å²) in [5, 5.41) is 7.40. The van der Waals surface area contributed by atoms with Crippen LogP contribution in [0.5, 0.6) is 0 Å². The molecule has 0 aliphatic rings. The van der Waals surface area contributed by atoms with E-state index < -0.39 is 0 Å². The lowest BCUT2D eigenvalue weighted by Crippen LogP contribution is -2.30. The molecular formula is C26H24Cl2N4OS. The van der Waals surface area contributed by atoms with Crippen LogP contribution in [0.25, 0.3) is 22.5 Å². The van der Waals surface area contributed by atoms with Gasteiger partial charge in [0.05, 0.1) is 21.4 Å². The first-order chi connectivity index (χ1) is 16.6. The number of halogens is 2. The minimum absolute atomic E-state index is 0.298. The summed E-state index contributed by atoms with van der Waals surface area (Å²) in [5.74, 6) is 0.675. The van der Waals surface area contributed by atoms with Gasteiger partial charge in [-0.2, -0.15) is 0 Å². The monoisotopic (exact) mass is 510 g/mol. The second-order valence-electron chi connectivity index (χ2n) is 7.43. The second kappa shape index (κ2) is 11.5. The Kier molecular flexibility index (Phi) is 8.16. The number of nitrogens with one attached hydrogen (secondary N) is 2. The molecule has 4 rings (SSSR count). The van der Waals surface area contributed by atoms with Crippen molar-refractivity contribution in [2.24, 2.45) is 0 Å². The van der Waals surface area contributed by atoms with Gasteiger partial charge in [0, 0.05) is 35.7 Å². The molecule has 0 radical (unpaired) electrons. The molecule has 8 heteroatoms. The number of aromatic nitrogens is 2. The van der Waals surface area contributed by atoms with E-state index in [1.165, 1.54) is 0 Å². The van der Waals surface area contributed by atoms with Crippen LogP contribution in [0.2, 0.25) is 10.0 Å². The van der Waals surface area contributed by atoms with Gasteiger partial charge in [-0.05, 0) is 25.1 Å². The zero-order valence-electron chi connectivity index (χ0n) is 18.6. The van der Waals surface area contributed by atoms with Gasteiger partial charge in [0.2, 0.25) is 0 Å². The Bertz CT molecular complexity index is 1260. The molecule has 34 heavy (non-hydrogen) atoms. The first-order valence-electron chi connectivity index (χ1n) is 10.9. The highest BCUT2D eigenvalue weighted by molar-refractivity contribution is 7.99. The molecule has 0 bridgehead atoms. The predicted molar refractivity (Wildman–Crippen MR) is 143 cm³/mol. The summed E-state index contributed by atoms with van der Waals surface area (Å²) in [7, 11) is 0. The number of carbonyl (C=O) groups excluding carboxylic acids is 1. The number of rotatable bonds is 8. The smallest absolute Gasteiger partial charge is 0.319 e. The van der Waals surface area contributed by atoms with Gasteiger partial charge in [-0.3, -0.25) is 0 Å². The molecule has 2 amide bonds. The summed E-state index contributed by atoms with van der Waals surface area (Å²) in [6.07, 6.45) is 0. The van der Waals surface area contributed by atoms with Crippen molar-refractivity contribution in [3.05, 3.63) is 88.9 Å². The fourth-order valence-electron chi connectivity index (χ4n) is 3.58. The van der Waals surface area contributed by atoms with E-state index in [1.54, 1.807) is 30.0 Å². The predicted octanol–water partition coefficient (Wildman–Crippen LogP) is 7.46. The van der Waals surface area contributed by atoms with Crippen LogP contribution in [-0.2, 0) is 6.54 Å². The number of anilines is 1. The lowest BCUT2D eigenvalue weighted by atomic mass is 10.0. The molecule has 174 valence electrons. The third-order valence-electron chi connectivity index (χ3n) is 5.14. The number of carbonyl (C=O) groups is 1. The Morgan fingerprint density at radius 1 is 0.941 bits per heavy atom. The summed E-state index contributed by atoms with van der Waals surface area (Å²) in [4.78, 5) is 17.2. The van der Waals surface area contributed by atoms with Gasteiger partial charge in [-0.1, -0.05) is 95.6 Å². The molecule has 0 atom stereocenters. The van der Waals surface area contributed by atoms with E-state index in [0.29, 0.717) is 28.0 Å². The molecule has 1 aromatic heterocycles. The third kappa shape index (κ3) is 5.76. The summed E-state index contributed by atoms with van der Waals surface area (Å²) < 4.78 is 2.23. The number of thioether (sulfide) groups is 1. The number of nitrogens with zero attached hydrogens (tertiary/aromatic N) is 2. The van der Waals surface area contributed by atoms with Crippen molar-refractivity contribution in [2.45, 2.75) is 18.6 Å². The van der Waals surface area contributed by atoms with Crippen molar-refractivity contribution in [3.63, 3.8) is 0 Å². The van der Waals surface area contributed by atoms with Crippen molar-refractivity contribution in [2.75, 3.05) is 17.6 Å². The van der Waals surface area contributed by atoms with E-state index >= 15 is 0 Å². The first-order valence-corrected chi connectivity index (χ1v) is 12.6. The number of hydrogen-bond donors (Lipinski definition) is 2. The average Bonchev–Trinajstić information content (AvgIpc) is 3.24. The third-order valence-corrected chi connectivity index (χ3v) is 6.86. The van der Waals surface area contributed by atoms with Gasteiger partial charge in [0.25, 0.3) is 0 Å². The minimum Gasteiger partial charge on any atom is -0.337 e. The molecule has 0 fully saturated rings. The average molecular weight is 511 g/mol. The van der Waals surface area contributed by atoms with E-state index in [2.05, 4.69) is 46.4 Å². The molecule has 2 N–H and O–H groups in total. The normalized spacial score (nSPS) is 10.8. The van der Waals surface area contributed by atoms with E-state index in [4.69, 9.17) is 28.2 Å². The van der Waals surface area contributed by atoms with Crippen LogP contribution in [-0.4, -0.2) is 27.9 Å². The summed E-state index contributed by atoms with van der Waals surface area (Å²) in [6, 6.07) is 25.2. The van der Waals surface area contributed by atoms with Gasteiger partial charge < -0.3 is 15.2 Å². The van der Waals surface area contributed by atoms with Crippen molar-refractivity contribution in [1.29, 1.82) is 0 Å². The number of urea groups is 1. The Hall–Kier alpha value is -2.93. The fourth-order valence-corrected chi connectivity index (χ4v) is 4.79. The van der Waals surface area contributed by atoms with Crippen molar-refractivity contribution >= 4 is 46.7 Å². The Labute approximate surface area is 213 Å². The highest BCUT2D eigenvalue weighted by Gasteiger charge is 2.19. The van der Waals surface area contributed by atoms with Crippen LogP contribution in [0.1, 0.15) is 6.92 Å². The van der Waals surface area contributed by atoms with Crippen LogP contribution in [0.4, 0.5) is 10.5 Å². The molecule has 5 nitrogen and oxygen atoms in total. The van der Waals surface area contributed by atoms with E-state index in [0.717, 1.165) is 34.2 Å². The summed E-state index contributed by atoms with van der Waals surface area (Å²) in [6.45, 7) is 3.39. The van der Waals surface area contributed by atoms with Crippen LogP contribution in [0.3, 0.4) is 0 Å². The van der Waals surface area contributed by atoms with Crippen LogP contribution in [0.15, 0.2) is 84.0 Å². The molecule has 1 heterocycles. The second-order valence-corrected chi connectivity index (χ2v) is 9.30. The standard InChI is InChI=1S/C26H24Cl2N4OS/c1-2-32-24(19-11-7-4-8-12-19)23(18-9-5-3-6-10-18)31-26(32)34-16-15-29-25(33)30-20-13-14-21(27)22(28)17-20/h3-14,17H,2,15-16H2,1H3,(H2,29,30,33). The van der Waals surface area contributed by atoms with Gasteiger partial charge in [-0.25, -0.2) is 9.78 Å². The zero-order chi connectivity index (χ0) is 23.9. The van der Waals surface area contributed by atoms with Crippen molar-refractivity contribution < 1.29 is 4.79 Å². The largest absolute Gasteiger partial charge is 0.337 e. The molecule has 0 unspecified atom stereocenters. The molecule has 0 saturated carbocycles. The molecule has 0 aliphatic heterocycles. The van der Waals surface area contributed by atoms with Gasteiger partial charge in [0.1, 0.15) is 0 Å². The summed E-state index contributed by atoms with van der Waals surface area (Å²) >= 11 is 13.5. The molecule has 4 aromatic rings. The highest BCUT2D eigenvalue weighted by Crippen LogP contribution is 2.35. The lowest BCUT2D eigenvalue weighted by molar-refractivity contribution is 0.252. The Morgan fingerprint density at radius 3 is 2.26 bits per heavy atom. The van der Waals surface area contributed by atoms with E-state index in [1.807, 2.05) is 36.4 Å². The Balaban J connectivity index is 1.46. The van der Waals surface area contributed by atoms with Gasteiger partial charge >= 0.3 is 6.03 Å². The maximum Gasteiger partial charge on any atom is 0.319 e. The molecular weight excluding hydrogens is 487 g/mol. The Morgan fingerprint density at radius 2 is 1.62 bits per heavy atom. The van der Waals surface area contributed by atoms with Crippen LogP contribution in [0, 0.1) is 0 Å². The van der Waals surface area contributed by atoms with Crippen molar-refractivity contribution in [1.82, 2.24) is 14.9 Å². The number of amides is 2. The zero-order valence-corrected chi connectivity index (χ0v) is 20.9. The molecule has 0 aliphatic carbocycles. The fraction of sp³-hybridized carbons (Fsp3) is 0.154. The maximum absolute atomic E-state index is 12.2. The molecule has 3 aromatic carbocycles. The molecule has 0 spiro atoms.